The number of rotatable bonds is 9. The number of hydrogen-bond donors (Lipinski definition) is 2. The Hall–Kier alpha value is -3.11. The molecule has 2 N–H and O–H groups in total. The Kier molecular flexibility index (Phi) is 6.81. The summed E-state index contributed by atoms with van der Waals surface area (Å²) in [5.74, 6) is -3.37. The van der Waals surface area contributed by atoms with Gasteiger partial charge in [0.15, 0.2) is 17.4 Å². The first-order chi connectivity index (χ1) is 14.7. The maximum absolute atomic E-state index is 14.4. The van der Waals surface area contributed by atoms with E-state index >= 15 is 0 Å². The lowest BCUT2D eigenvalue weighted by Crippen LogP contribution is -2.17. The van der Waals surface area contributed by atoms with E-state index in [2.05, 4.69) is 9.71 Å². The number of anilines is 1. The number of sulfonamides is 1. The van der Waals surface area contributed by atoms with Crippen molar-refractivity contribution in [3.05, 3.63) is 65.4 Å². The Morgan fingerprint density at radius 2 is 1.97 bits per heavy atom. The lowest BCUT2D eigenvalue weighted by atomic mass is 10.0. The molecule has 3 rings (SSSR count). The number of ether oxygens (including phenoxy) is 1. The zero-order valence-corrected chi connectivity index (χ0v) is 17.4. The van der Waals surface area contributed by atoms with Crippen LogP contribution in [0.15, 0.2) is 42.6 Å². The van der Waals surface area contributed by atoms with E-state index in [0.29, 0.717) is 29.1 Å². The van der Waals surface area contributed by atoms with Crippen molar-refractivity contribution in [2.24, 2.45) is 0 Å². The number of aliphatic hydroxyl groups excluding tert-OH is 1. The third kappa shape index (κ3) is 5.33. The number of aromatic nitrogens is 1. The van der Waals surface area contributed by atoms with E-state index in [9.17, 15) is 22.0 Å². The van der Waals surface area contributed by atoms with Gasteiger partial charge in [-0.1, -0.05) is 6.92 Å². The highest BCUT2D eigenvalue weighted by molar-refractivity contribution is 7.92. The standard InChI is InChI=1S/C21H20F2N2O5S/c1-2-7-31(28,29)25-15-10-17(20(23)18(22)11-15)21(27)13-3-4-19-14(8-13)9-16(12-24-19)30-6-5-26/h3-4,8-12,25-26H,2,5-7H2,1H3. The van der Waals surface area contributed by atoms with Crippen LogP contribution >= 0.6 is 0 Å². The van der Waals surface area contributed by atoms with Gasteiger partial charge < -0.3 is 9.84 Å². The van der Waals surface area contributed by atoms with Crippen LogP contribution in [0.2, 0.25) is 0 Å². The number of nitrogens with zero attached hydrogens (tertiary/aromatic N) is 1. The maximum Gasteiger partial charge on any atom is 0.232 e. The van der Waals surface area contributed by atoms with E-state index in [1.54, 1.807) is 19.1 Å². The molecule has 0 unspecified atom stereocenters. The largest absolute Gasteiger partial charge is 0.490 e. The van der Waals surface area contributed by atoms with E-state index in [1.807, 2.05) is 0 Å². The molecule has 0 spiro atoms. The Morgan fingerprint density at radius 3 is 2.68 bits per heavy atom. The molecule has 0 saturated heterocycles. The van der Waals surface area contributed by atoms with Crippen molar-refractivity contribution in [2.75, 3.05) is 23.7 Å². The van der Waals surface area contributed by atoms with Crippen molar-refractivity contribution in [2.45, 2.75) is 13.3 Å². The molecule has 0 fully saturated rings. The predicted octanol–water partition coefficient (Wildman–Crippen LogP) is 3.27. The second-order valence-corrected chi connectivity index (χ2v) is 8.56. The fourth-order valence-corrected chi connectivity index (χ4v) is 4.08. The van der Waals surface area contributed by atoms with Crippen LogP contribution in [-0.4, -0.2) is 43.3 Å². The molecule has 0 atom stereocenters. The zero-order chi connectivity index (χ0) is 22.6. The van der Waals surface area contributed by atoms with Gasteiger partial charge in [0, 0.05) is 17.0 Å². The second-order valence-electron chi connectivity index (χ2n) is 6.72. The molecule has 0 aliphatic carbocycles. The molecule has 0 saturated carbocycles. The van der Waals surface area contributed by atoms with E-state index < -0.39 is 33.0 Å². The van der Waals surface area contributed by atoms with Gasteiger partial charge in [0.1, 0.15) is 12.4 Å². The number of carbonyl (C=O) groups excluding carboxylic acids is 1. The molecule has 0 amide bonds. The molecule has 0 aliphatic heterocycles. The van der Waals surface area contributed by atoms with Crippen molar-refractivity contribution < 1.29 is 31.8 Å². The minimum Gasteiger partial charge on any atom is -0.490 e. The van der Waals surface area contributed by atoms with E-state index in [-0.39, 0.29) is 30.2 Å². The summed E-state index contributed by atoms with van der Waals surface area (Å²) in [6.07, 6.45) is 1.79. The van der Waals surface area contributed by atoms with Gasteiger partial charge in [0.2, 0.25) is 10.0 Å². The Bertz CT molecular complexity index is 1230. The third-order valence-electron chi connectivity index (χ3n) is 4.30. The fraction of sp³-hybridized carbons (Fsp3) is 0.238. The summed E-state index contributed by atoms with van der Waals surface area (Å²) in [6, 6.07) is 7.66. The molecular formula is C21H20F2N2O5S. The SMILES string of the molecule is CCCS(=O)(=O)Nc1cc(F)c(F)c(C(=O)c2ccc3ncc(OCCO)cc3c2)c1. The number of hydrogen-bond acceptors (Lipinski definition) is 6. The molecular weight excluding hydrogens is 430 g/mol. The van der Waals surface area contributed by atoms with E-state index in [4.69, 9.17) is 9.84 Å². The first-order valence-corrected chi connectivity index (χ1v) is 11.1. The minimum absolute atomic E-state index is 0.0560. The van der Waals surface area contributed by atoms with Crippen LogP contribution in [0.1, 0.15) is 29.3 Å². The summed E-state index contributed by atoms with van der Waals surface area (Å²) in [7, 11) is -3.75. The minimum atomic E-state index is -3.75. The van der Waals surface area contributed by atoms with Crippen LogP contribution in [0.5, 0.6) is 5.75 Å². The van der Waals surface area contributed by atoms with Gasteiger partial charge in [-0.25, -0.2) is 17.2 Å². The Labute approximate surface area is 177 Å². The Balaban J connectivity index is 1.98. The van der Waals surface area contributed by atoms with Crippen molar-refractivity contribution in [3.8, 4) is 5.75 Å². The maximum atomic E-state index is 14.4. The first kappa shape index (κ1) is 22.6. The number of pyridine rings is 1. The summed E-state index contributed by atoms with van der Waals surface area (Å²) in [5.41, 5.74) is -0.242. The molecule has 31 heavy (non-hydrogen) atoms. The number of carbonyl (C=O) groups is 1. The highest BCUT2D eigenvalue weighted by Gasteiger charge is 2.21. The smallest absolute Gasteiger partial charge is 0.232 e. The molecule has 164 valence electrons. The van der Waals surface area contributed by atoms with Crippen LogP contribution in [-0.2, 0) is 10.0 Å². The predicted molar refractivity (Wildman–Crippen MR) is 112 cm³/mol. The molecule has 0 bridgehead atoms. The average molecular weight is 450 g/mol. The van der Waals surface area contributed by atoms with Crippen LogP contribution in [0.25, 0.3) is 10.9 Å². The lowest BCUT2D eigenvalue weighted by molar-refractivity contribution is 0.103. The fourth-order valence-electron chi connectivity index (χ4n) is 2.96. The van der Waals surface area contributed by atoms with Crippen LogP contribution < -0.4 is 9.46 Å². The molecule has 7 nitrogen and oxygen atoms in total. The van der Waals surface area contributed by atoms with Crippen LogP contribution in [0.3, 0.4) is 0 Å². The quantitative estimate of drug-likeness (QED) is 0.485. The summed E-state index contributed by atoms with van der Waals surface area (Å²) >= 11 is 0. The summed E-state index contributed by atoms with van der Waals surface area (Å²) in [6.45, 7) is 1.55. The van der Waals surface area contributed by atoms with Gasteiger partial charge >= 0.3 is 0 Å². The molecule has 1 heterocycles. The van der Waals surface area contributed by atoms with E-state index in [0.717, 1.165) is 6.07 Å². The van der Waals surface area contributed by atoms with Crippen LogP contribution in [0.4, 0.5) is 14.5 Å². The van der Waals surface area contributed by atoms with Crippen molar-refractivity contribution >= 4 is 32.4 Å². The number of halogens is 2. The molecule has 1 aromatic heterocycles. The monoisotopic (exact) mass is 450 g/mol. The number of nitrogens with one attached hydrogen (secondary N) is 1. The van der Waals surface area contributed by atoms with Gasteiger partial charge in [-0.15, -0.1) is 0 Å². The van der Waals surface area contributed by atoms with Crippen molar-refractivity contribution in [3.63, 3.8) is 0 Å². The topological polar surface area (TPSA) is 106 Å². The first-order valence-electron chi connectivity index (χ1n) is 9.41. The number of fused-ring (bicyclic) bond motifs is 1. The molecule has 0 radical (unpaired) electrons. The highest BCUT2D eigenvalue weighted by Crippen LogP contribution is 2.25. The van der Waals surface area contributed by atoms with Crippen molar-refractivity contribution in [1.82, 2.24) is 4.98 Å². The van der Waals surface area contributed by atoms with Gasteiger partial charge in [-0.2, -0.15) is 0 Å². The molecule has 2 aromatic carbocycles. The van der Waals surface area contributed by atoms with E-state index in [1.165, 1.54) is 18.3 Å². The third-order valence-corrected chi connectivity index (χ3v) is 5.79. The molecule has 0 aliphatic rings. The second kappa shape index (κ2) is 9.36. The Morgan fingerprint density at radius 1 is 1.19 bits per heavy atom. The van der Waals surface area contributed by atoms with Gasteiger partial charge in [-0.05, 0) is 36.8 Å². The molecule has 3 aromatic rings. The summed E-state index contributed by atoms with van der Waals surface area (Å²) < 4.78 is 59.8. The number of aliphatic hydroxyl groups is 1. The average Bonchev–Trinajstić information content (AvgIpc) is 2.73. The number of benzene rings is 2. The van der Waals surface area contributed by atoms with Crippen molar-refractivity contribution in [1.29, 1.82) is 0 Å². The zero-order valence-electron chi connectivity index (χ0n) is 16.6. The lowest BCUT2D eigenvalue weighted by Gasteiger charge is -2.11. The normalized spacial score (nSPS) is 11.5. The number of ketones is 1. The summed E-state index contributed by atoms with van der Waals surface area (Å²) in [4.78, 5) is 17.1. The van der Waals surface area contributed by atoms with Gasteiger partial charge in [-0.3, -0.25) is 14.5 Å². The van der Waals surface area contributed by atoms with Gasteiger partial charge in [0.25, 0.3) is 0 Å². The van der Waals surface area contributed by atoms with Gasteiger partial charge in [0.05, 0.1) is 35.3 Å². The highest BCUT2D eigenvalue weighted by atomic mass is 32.2. The summed E-state index contributed by atoms with van der Waals surface area (Å²) in [5, 5.41) is 9.37. The molecule has 10 heteroatoms. The van der Waals surface area contributed by atoms with Crippen LogP contribution in [0, 0.1) is 11.6 Å².